The van der Waals surface area contributed by atoms with Crippen molar-refractivity contribution in [3.05, 3.63) is 22.1 Å². The lowest BCUT2D eigenvalue weighted by Gasteiger charge is -2.38. The van der Waals surface area contributed by atoms with Gasteiger partial charge in [0.2, 0.25) is 0 Å². The van der Waals surface area contributed by atoms with E-state index in [0.717, 1.165) is 4.90 Å². The topological polar surface area (TPSA) is 59.5 Å². The molecular weight excluding hydrogens is 341 g/mol. The highest BCUT2D eigenvalue weighted by molar-refractivity contribution is 9.10. The zero-order chi connectivity index (χ0) is 15.1. The molecular formula is C12H14BrF3N2O2. The fourth-order valence-electron chi connectivity index (χ4n) is 2.35. The Balaban J connectivity index is 2.31. The molecule has 0 unspecified atom stereocenters. The second kappa shape index (κ2) is 5.40. The Morgan fingerprint density at radius 1 is 1.50 bits per heavy atom. The molecule has 0 spiro atoms. The van der Waals surface area contributed by atoms with Gasteiger partial charge in [-0.3, -0.25) is 4.79 Å². The van der Waals surface area contributed by atoms with E-state index in [-0.39, 0.29) is 25.1 Å². The van der Waals surface area contributed by atoms with E-state index in [2.05, 4.69) is 15.9 Å². The Morgan fingerprint density at radius 3 is 2.65 bits per heavy atom. The molecule has 0 aromatic carbocycles. The predicted molar refractivity (Wildman–Crippen MR) is 69.2 cm³/mol. The number of rotatable bonds is 1. The first-order valence-corrected chi connectivity index (χ1v) is 6.88. The van der Waals surface area contributed by atoms with Crippen LogP contribution in [0.4, 0.5) is 13.2 Å². The number of nitrogens with two attached hydrogens (primary N) is 1. The monoisotopic (exact) mass is 354 g/mol. The van der Waals surface area contributed by atoms with Crippen molar-refractivity contribution >= 4 is 21.8 Å². The summed E-state index contributed by atoms with van der Waals surface area (Å²) in [4.78, 5) is 13.1. The van der Waals surface area contributed by atoms with E-state index in [4.69, 9.17) is 10.2 Å². The lowest BCUT2D eigenvalue weighted by Crippen LogP contribution is -2.56. The third kappa shape index (κ3) is 3.01. The minimum absolute atomic E-state index is 0.0831. The third-order valence-electron chi connectivity index (χ3n) is 3.34. The molecule has 0 bridgehead atoms. The van der Waals surface area contributed by atoms with Crippen LogP contribution < -0.4 is 5.73 Å². The average Bonchev–Trinajstić information content (AvgIpc) is 2.65. The van der Waals surface area contributed by atoms with Crippen LogP contribution in [0.2, 0.25) is 0 Å². The van der Waals surface area contributed by atoms with Crippen LogP contribution in [0.5, 0.6) is 0 Å². The van der Waals surface area contributed by atoms with Crippen LogP contribution in [0.1, 0.15) is 29.0 Å². The van der Waals surface area contributed by atoms with Crippen LogP contribution in [0, 0.1) is 6.92 Å². The minimum atomic E-state index is -4.46. The van der Waals surface area contributed by atoms with Crippen LogP contribution >= 0.6 is 15.9 Å². The van der Waals surface area contributed by atoms with E-state index in [1.165, 1.54) is 0 Å². The Labute approximate surface area is 122 Å². The Bertz CT molecular complexity index is 515. The van der Waals surface area contributed by atoms with Crippen molar-refractivity contribution in [1.29, 1.82) is 0 Å². The number of hydrogen-bond acceptors (Lipinski definition) is 3. The van der Waals surface area contributed by atoms with Gasteiger partial charge in [-0.1, -0.05) is 0 Å². The van der Waals surface area contributed by atoms with Gasteiger partial charge in [0.25, 0.3) is 5.91 Å². The number of alkyl halides is 3. The maximum absolute atomic E-state index is 13.0. The van der Waals surface area contributed by atoms with Gasteiger partial charge in [-0.25, -0.2) is 0 Å². The maximum Gasteiger partial charge on any atom is 0.408 e. The number of hydrogen-bond donors (Lipinski definition) is 1. The number of likely N-dealkylation sites (tertiary alicyclic amines) is 1. The van der Waals surface area contributed by atoms with Gasteiger partial charge in [-0.2, -0.15) is 13.2 Å². The van der Waals surface area contributed by atoms with Gasteiger partial charge in [-0.05, 0) is 41.8 Å². The zero-order valence-electron chi connectivity index (χ0n) is 10.7. The van der Waals surface area contributed by atoms with E-state index in [0.29, 0.717) is 10.2 Å². The summed E-state index contributed by atoms with van der Waals surface area (Å²) in [6.07, 6.45) is -4.40. The molecule has 0 aliphatic carbocycles. The van der Waals surface area contributed by atoms with Gasteiger partial charge in [0, 0.05) is 18.2 Å². The first-order chi connectivity index (χ1) is 9.20. The van der Waals surface area contributed by atoms with Gasteiger partial charge in [0.05, 0.1) is 0 Å². The number of furan rings is 1. The van der Waals surface area contributed by atoms with Crippen LogP contribution in [0.25, 0.3) is 0 Å². The molecule has 2 atom stereocenters. The number of nitrogens with zero attached hydrogens (tertiary/aromatic N) is 1. The molecule has 1 saturated heterocycles. The Kier molecular flexibility index (Phi) is 4.15. The van der Waals surface area contributed by atoms with Crippen LogP contribution in [-0.2, 0) is 0 Å². The van der Waals surface area contributed by atoms with Gasteiger partial charge < -0.3 is 15.1 Å². The molecule has 0 saturated carbocycles. The summed E-state index contributed by atoms with van der Waals surface area (Å²) in [5, 5.41) is 0. The molecule has 2 heterocycles. The summed E-state index contributed by atoms with van der Waals surface area (Å²) in [7, 11) is 0. The molecule has 1 amide bonds. The average molecular weight is 355 g/mol. The second-order valence-electron chi connectivity index (χ2n) is 4.92. The normalized spacial score (nSPS) is 24.0. The van der Waals surface area contributed by atoms with E-state index >= 15 is 0 Å². The highest BCUT2D eigenvalue weighted by atomic mass is 79.9. The molecule has 1 fully saturated rings. The highest BCUT2D eigenvalue weighted by Gasteiger charge is 2.48. The largest absolute Gasteiger partial charge is 0.444 e. The van der Waals surface area contributed by atoms with Crippen molar-refractivity contribution in [1.82, 2.24) is 4.90 Å². The lowest BCUT2D eigenvalue weighted by atomic mass is 9.97. The van der Waals surface area contributed by atoms with Gasteiger partial charge in [0.15, 0.2) is 10.4 Å². The fourth-order valence-corrected chi connectivity index (χ4v) is 2.86. The van der Waals surface area contributed by atoms with Crippen molar-refractivity contribution in [2.45, 2.75) is 38.0 Å². The quantitative estimate of drug-likeness (QED) is 0.843. The second-order valence-corrected chi connectivity index (χ2v) is 5.70. The molecule has 8 heteroatoms. The van der Waals surface area contributed by atoms with Crippen LogP contribution in [0.3, 0.4) is 0 Å². The van der Waals surface area contributed by atoms with Crippen LogP contribution in [-0.4, -0.2) is 35.6 Å². The SMILES string of the molecule is Cc1cc(Br)oc1C(=O)N1C[C@H](N)CC[C@H]1C(F)(F)F. The number of carbonyl (C=O) groups is 1. The number of piperidine rings is 1. The van der Waals surface area contributed by atoms with E-state index in [1.807, 2.05) is 0 Å². The standard InChI is InChI=1S/C12H14BrF3N2O2/c1-6-4-9(13)20-10(6)11(19)18-5-7(17)2-3-8(18)12(14,15)16/h4,7-8H,2-3,5,17H2,1H3/t7-,8+/m1/s1. The summed E-state index contributed by atoms with van der Waals surface area (Å²) in [6, 6.07) is -0.714. The van der Waals surface area contributed by atoms with Crippen molar-refractivity contribution in [3.63, 3.8) is 0 Å². The molecule has 2 N–H and O–H groups in total. The molecule has 1 aromatic rings. The van der Waals surface area contributed by atoms with Gasteiger partial charge in [0.1, 0.15) is 6.04 Å². The minimum Gasteiger partial charge on any atom is -0.444 e. The van der Waals surface area contributed by atoms with Crippen LogP contribution in [0.15, 0.2) is 15.2 Å². The summed E-state index contributed by atoms with van der Waals surface area (Å²) >= 11 is 3.06. The van der Waals surface area contributed by atoms with Crippen molar-refractivity contribution in [2.24, 2.45) is 5.73 Å². The molecule has 1 aromatic heterocycles. The van der Waals surface area contributed by atoms with Crippen molar-refractivity contribution in [3.8, 4) is 0 Å². The molecule has 112 valence electrons. The number of aryl methyl sites for hydroxylation is 1. The number of amides is 1. The molecule has 2 rings (SSSR count). The van der Waals surface area contributed by atoms with E-state index in [1.54, 1.807) is 13.0 Å². The maximum atomic E-state index is 13.0. The smallest absolute Gasteiger partial charge is 0.408 e. The summed E-state index contributed by atoms with van der Waals surface area (Å²) < 4.78 is 44.5. The third-order valence-corrected chi connectivity index (χ3v) is 3.73. The highest BCUT2D eigenvalue weighted by Crippen LogP contribution is 2.33. The summed E-state index contributed by atoms with van der Waals surface area (Å²) in [5.41, 5.74) is 6.18. The fraction of sp³-hybridized carbons (Fsp3) is 0.583. The molecule has 4 nitrogen and oxygen atoms in total. The molecule has 1 aliphatic heterocycles. The van der Waals surface area contributed by atoms with Gasteiger partial charge >= 0.3 is 6.18 Å². The first kappa shape index (κ1) is 15.4. The Morgan fingerprint density at radius 2 is 2.15 bits per heavy atom. The lowest BCUT2D eigenvalue weighted by molar-refractivity contribution is -0.184. The number of halogens is 4. The van der Waals surface area contributed by atoms with E-state index < -0.39 is 24.2 Å². The summed E-state index contributed by atoms with van der Waals surface area (Å²) in [6.45, 7) is 1.48. The summed E-state index contributed by atoms with van der Waals surface area (Å²) in [5.74, 6) is -0.856. The predicted octanol–water partition coefficient (Wildman–Crippen LogP) is 2.84. The van der Waals surface area contributed by atoms with Crippen molar-refractivity contribution in [2.75, 3.05) is 6.54 Å². The molecule has 0 radical (unpaired) electrons. The van der Waals surface area contributed by atoms with Crippen molar-refractivity contribution < 1.29 is 22.4 Å². The zero-order valence-corrected chi connectivity index (χ0v) is 12.3. The molecule has 20 heavy (non-hydrogen) atoms. The molecule has 1 aliphatic rings. The van der Waals surface area contributed by atoms with E-state index in [9.17, 15) is 18.0 Å². The van der Waals surface area contributed by atoms with Gasteiger partial charge in [-0.15, -0.1) is 0 Å². The Hall–Kier alpha value is -1.02. The first-order valence-electron chi connectivity index (χ1n) is 6.09. The number of carbonyl (C=O) groups excluding carboxylic acids is 1.